The first kappa shape index (κ1) is 30.6. The summed E-state index contributed by atoms with van der Waals surface area (Å²) < 4.78 is 4.86. The summed E-state index contributed by atoms with van der Waals surface area (Å²) in [6.07, 6.45) is 8.42. The Hall–Kier alpha value is -5.08. The molecule has 7 rings (SSSR count). The molecule has 0 unspecified atom stereocenters. The average molecular weight is 613 g/mol. The van der Waals surface area contributed by atoms with Crippen molar-refractivity contribution >= 4 is 49.2 Å². The third-order valence-corrected chi connectivity index (χ3v) is 9.52. The van der Waals surface area contributed by atoms with Crippen molar-refractivity contribution < 1.29 is 0 Å². The summed E-state index contributed by atoms with van der Waals surface area (Å²) in [5, 5.41) is 5.18. The van der Waals surface area contributed by atoms with Gasteiger partial charge in [0.05, 0.1) is 11.0 Å². The predicted octanol–water partition coefficient (Wildman–Crippen LogP) is 12.3. The Kier molecular flexibility index (Phi) is 7.56. The molecular formula is C45H44N2. The number of hydrogen-bond donors (Lipinski definition) is 0. The fourth-order valence-electron chi connectivity index (χ4n) is 6.90. The van der Waals surface area contributed by atoms with E-state index in [1.165, 1.54) is 65.9 Å². The summed E-state index contributed by atoms with van der Waals surface area (Å²) in [5.41, 5.74) is 11.3. The van der Waals surface area contributed by atoms with Crippen LogP contribution in [0.1, 0.15) is 58.2 Å². The first-order valence-electron chi connectivity index (χ1n) is 16.7. The van der Waals surface area contributed by atoms with Crippen LogP contribution in [0.25, 0.3) is 54.9 Å². The van der Waals surface area contributed by atoms with Gasteiger partial charge in [0.25, 0.3) is 0 Å². The highest BCUT2D eigenvalue weighted by Crippen LogP contribution is 2.37. The van der Waals surface area contributed by atoms with Gasteiger partial charge in [0.2, 0.25) is 0 Å². The standard InChI is InChI=1S/C45H44N2/c1-8-9-15-31(26-27-46-40-20-12-10-18-36(40)38-29-33(44(2,3)4)22-24-41(38)46)32-16-14-17-35(28-32)47-42-21-13-11-19-37(42)39-30-34(45(5,6)7)23-25-43(39)47/h8-26,28-30H,1,27H2,2-7H3. The van der Waals surface area contributed by atoms with E-state index in [0.29, 0.717) is 0 Å². The second kappa shape index (κ2) is 11.6. The average Bonchev–Trinajstić information content (AvgIpc) is 3.56. The van der Waals surface area contributed by atoms with E-state index in [-0.39, 0.29) is 10.8 Å². The summed E-state index contributed by atoms with van der Waals surface area (Å²) >= 11 is 0. The molecule has 0 aliphatic carbocycles. The Morgan fingerprint density at radius 1 is 0.596 bits per heavy atom. The van der Waals surface area contributed by atoms with Gasteiger partial charge in [-0.1, -0.05) is 133 Å². The van der Waals surface area contributed by atoms with E-state index < -0.39 is 0 Å². The van der Waals surface area contributed by atoms with Crippen molar-refractivity contribution in [1.82, 2.24) is 9.13 Å². The molecule has 0 saturated heterocycles. The van der Waals surface area contributed by atoms with Crippen LogP contribution in [-0.4, -0.2) is 9.13 Å². The number of benzene rings is 5. The number of aromatic nitrogens is 2. The van der Waals surface area contributed by atoms with Gasteiger partial charge in [0.15, 0.2) is 0 Å². The number of rotatable bonds is 6. The second-order valence-corrected chi connectivity index (χ2v) is 14.7. The minimum atomic E-state index is 0.0831. The molecule has 0 saturated carbocycles. The molecule has 0 atom stereocenters. The van der Waals surface area contributed by atoms with Crippen LogP contribution in [0.15, 0.2) is 140 Å². The van der Waals surface area contributed by atoms with E-state index in [2.05, 4.69) is 179 Å². The number of nitrogens with zero attached hydrogens (tertiary/aromatic N) is 2. The zero-order valence-electron chi connectivity index (χ0n) is 28.5. The Morgan fingerprint density at radius 2 is 1.15 bits per heavy atom. The van der Waals surface area contributed by atoms with Gasteiger partial charge in [-0.05, 0) is 81.6 Å². The van der Waals surface area contributed by atoms with E-state index in [0.717, 1.165) is 12.2 Å². The topological polar surface area (TPSA) is 9.86 Å². The number of hydrogen-bond acceptors (Lipinski definition) is 0. The minimum absolute atomic E-state index is 0.0831. The molecule has 0 amide bonds. The minimum Gasteiger partial charge on any atom is -0.337 e. The largest absolute Gasteiger partial charge is 0.337 e. The molecule has 47 heavy (non-hydrogen) atoms. The van der Waals surface area contributed by atoms with Crippen molar-refractivity contribution in [3.8, 4) is 5.69 Å². The molecule has 2 heterocycles. The van der Waals surface area contributed by atoms with Gasteiger partial charge in [-0.25, -0.2) is 0 Å². The molecule has 234 valence electrons. The maximum atomic E-state index is 3.97. The summed E-state index contributed by atoms with van der Waals surface area (Å²) in [5.74, 6) is 0. The van der Waals surface area contributed by atoms with Crippen LogP contribution < -0.4 is 0 Å². The third kappa shape index (κ3) is 5.52. The van der Waals surface area contributed by atoms with Gasteiger partial charge >= 0.3 is 0 Å². The highest BCUT2D eigenvalue weighted by Gasteiger charge is 2.19. The van der Waals surface area contributed by atoms with Gasteiger partial charge in [0, 0.05) is 44.8 Å². The van der Waals surface area contributed by atoms with E-state index in [9.17, 15) is 0 Å². The molecule has 2 nitrogen and oxygen atoms in total. The molecule has 0 aliphatic rings. The van der Waals surface area contributed by atoms with Gasteiger partial charge in [0.1, 0.15) is 0 Å². The molecule has 0 radical (unpaired) electrons. The van der Waals surface area contributed by atoms with E-state index >= 15 is 0 Å². The Bertz CT molecular complexity index is 2360. The smallest absolute Gasteiger partial charge is 0.0541 e. The number of fused-ring (bicyclic) bond motifs is 6. The van der Waals surface area contributed by atoms with Crippen molar-refractivity contribution in [2.45, 2.75) is 58.9 Å². The molecular weight excluding hydrogens is 569 g/mol. The summed E-state index contributed by atoms with van der Waals surface area (Å²) in [6.45, 7) is 18.4. The van der Waals surface area contributed by atoms with E-state index in [4.69, 9.17) is 0 Å². The van der Waals surface area contributed by atoms with Gasteiger partial charge in [-0.2, -0.15) is 0 Å². The first-order valence-corrected chi connectivity index (χ1v) is 16.7. The predicted molar refractivity (Wildman–Crippen MR) is 205 cm³/mol. The van der Waals surface area contributed by atoms with Crippen LogP contribution in [0.4, 0.5) is 0 Å². The van der Waals surface area contributed by atoms with Gasteiger partial charge < -0.3 is 9.13 Å². The third-order valence-electron chi connectivity index (χ3n) is 9.52. The molecule has 5 aromatic carbocycles. The Labute approximate surface area is 279 Å². The SMILES string of the molecule is C=CC=CC(=CCn1c2ccccc2c2cc(C(C)(C)C)ccc21)c1cccc(-n2c3ccccc3c3cc(C(C)(C)C)ccc32)c1. The quantitative estimate of drug-likeness (QED) is 0.165. The molecule has 0 bridgehead atoms. The van der Waals surface area contributed by atoms with Crippen LogP contribution in [-0.2, 0) is 17.4 Å². The van der Waals surface area contributed by atoms with Crippen molar-refractivity contribution in [3.63, 3.8) is 0 Å². The molecule has 0 fully saturated rings. The van der Waals surface area contributed by atoms with Crippen LogP contribution in [0, 0.1) is 0 Å². The highest BCUT2D eigenvalue weighted by molar-refractivity contribution is 6.10. The van der Waals surface area contributed by atoms with Crippen molar-refractivity contribution in [1.29, 1.82) is 0 Å². The van der Waals surface area contributed by atoms with E-state index in [1.807, 2.05) is 12.2 Å². The maximum Gasteiger partial charge on any atom is 0.0541 e. The highest BCUT2D eigenvalue weighted by atomic mass is 15.0. The maximum absolute atomic E-state index is 3.97. The van der Waals surface area contributed by atoms with Gasteiger partial charge in [-0.15, -0.1) is 0 Å². The van der Waals surface area contributed by atoms with Crippen LogP contribution in [0.2, 0.25) is 0 Å². The van der Waals surface area contributed by atoms with Crippen LogP contribution in [0.3, 0.4) is 0 Å². The summed E-state index contributed by atoms with van der Waals surface area (Å²) in [6, 6.07) is 40.4. The van der Waals surface area contributed by atoms with E-state index in [1.54, 1.807) is 0 Å². The van der Waals surface area contributed by atoms with Gasteiger partial charge in [-0.3, -0.25) is 0 Å². The molecule has 2 heteroatoms. The molecule has 0 N–H and O–H groups in total. The van der Waals surface area contributed by atoms with Crippen LogP contribution in [0.5, 0.6) is 0 Å². The van der Waals surface area contributed by atoms with Crippen molar-refractivity contribution in [2.75, 3.05) is 0 Å². The molecule has 0 spiro atoms. The lowest BCUT2D eigenvalue weighted by atomic mass is 9.86. The zero-order chi connectivity index (χ0) is 32.9. The fourth-order valence-corrected chi connectivity index (χ4v) is 6.90. The van der Waals surface area contributed by atoms with Crippen molar-refractivity contribution in [3.05, 3.63) is 157 Å². The number of para-hydroxylation sites is 2. The Balaban J connectivity index is 1.35. The summed E-state index contributed by atoms with van der Waals surface area (Å²) in [7, 11) is 0. The molecule has 2 aromatic heterocycles. The molecule has 0 aliphatic heterocycles. The monoisotopic (exact) mass is 612 g/mol. The van der Waals surface area contributed by atoms with Crippen molar-refractivity contribution in [2.24, 2.45) is 0 Å². The lowest BCUT2D eigenvalue weighted by Crippen LogP contribution is -2.10. The van der Waals surface area contributed by atoms with Crippen LogP contribution >= 0.6 is 0 Å². The lowest BCUT2D eigenvalue weighted by Gasteiger charge is -2.19. The summed E-state index contributed by atoms with van der Waals surface area (Å²) in [4.78, 5) is 0. The first-order chi connectivity index (χ1) is 22.5. The Morgan fingerprint density at radius 3 is 1.81 bits per heavy atom. The lowest BCUT2D eigenvalue weighted by molar-refractivity contribution is 0.591. The number of allylic oxidation sites excluding steroid dienone is 5. The molecule has 7 aromatic rings. The normalized spacial score (nSPS) is 13.1. The fraction of sp³-hybridized carbons (Fsp3) is 0.200. The second-order valence-electron chi connectivity index (χ2n) is 14.7. The zero-order valence-corrected chi connectivity index (χ0v) is 28.5.